The Hall–Kier alpha value is -2.53. The SMILES string of the molecule is Cc1ccc(C(c2nnnn2C2CCCC2)N2CCc3ccccc3C2)cc1. The standard InChI is InChI=1S/C23H27N5/c1-17-10-12-19(13-11-17)22(23-24-25-26-28(23)21-8-4-5-9-21)27-15-14-18-6-2-3-7-20(18)16-27/h2-3,6-7,10-13,21-22H,4-5,8-9,14-16H2,1H3. The number of aryl methyl sites for hydroxylation is 1. The summed E-state index contributed by atoms with van der Waals surface area (Å²) in [5.41, 5.74) is 5.45. The Morgan fingerprint density at radius 3 is 2.50 bits per heavy atom. The fourth-order valence-corrected chi connectivity index (χ4v) is 4.80. The number of hydrogen-bond donors (Lipinski definition) is 0. The second-order valence-corrected chi connectivity index (χ2v) is 8.22. The van der Waals surface area contributed by atoms with Gasteiger partial charge in [0.25, 0.3) is 0 Å². The Morgan fingerprint density at radius 2 is 1.71 bits per heavy atom. The second kappa shape index (κ2) is 7.47. The molecule has 0 bridgehead atoms. The summed E-state index contributed by atoms with van der Waals surface area (Å²) in [6.45, 7) is 4.10. The van der Waals surface area contributed by atoms with E-state index in [1.807, 2.05) is 0 Å². The first-order valence-corrected chi connectivity index (χ1v) is 10.4. The van der Waals surface area contributed by atoms with Crippen molar-refractivity contribution in [2.24, 2.45) is 0 Å². The largest absolute Gasteiger partial charge is 0.285 e. The molecule has 1 unspecified atom stereocenters. The van der Waals surface area contributed by atoms with Gasteiger partial charge in [-0.1, -0.05) is 66.9 Å². The van der Waals surface area contributed by atoms with Crippen LogP contribution in [0.15, 0.2) is 48.5 Å². The Balaban J connectivity index is 1.55. The maximum Gasteiger partial charge on any atom is 0.173 e. The van der Waals surface area contributed by atoms with Crippen molar-refractivity contribution in [1.82, 2.24) is 25.1 Å². The highest BCUT2D eigenvalue weighted by atomic mass is 15.6. The first-order valence-electron chi connectivity index (χ1n) is 10.4. The summed E-state index contributed by atoms with van der Waals surface area (Å²) < 4.78 is 2.12. The lowest BCUT2D eigenvalue weighted by atomic mass is 9.95. The molecule has 5 nitrogen and oxygen atoms in total. The van der Waals surface area contributed by atoms with Gasteiger partial charge in [-0.2, -0.15) is 0 Å². The van der Waals surface area contributed by atoms with Crippen LogP contribution in [0.3, 0.4) is 0 Å². The molecule has 3 aromatic rings. The van der Waals surface area contributed by atoms with Gasteiger partial charge in [-0.3, -0.25) is 4.90 Å². The third-order valence-electron chi connectivity index (χ3n) is 6.35. The molecule has 0 radical (unpaired) electrons. The van der Waals surface area contributed by atoms with Crippen LogP contribution in [0.25, 0.3) is 0 Å². The van der Waals surface area contributed by atoms with Crippen LogP contribution in [-0.4, -0.2) is 31.7 Å². The van der Waals surface area contributed by atoms with Gasteiger partial charge >= 0.3 is 0 Å². The van der Waals surface area contributed by atoms with Gasteiger partial charge in [0.15, 0.2) is 5.82 Å². The lowest BCUT2D eigenvalue weighted by Gasteiger charge is -2.35. The summed E-state index contributed by atoms with van der Waals surface area (Å²) in [5, 5.41) is 13.1. The quantitative estimate of drug-likeness (QED) is 0.686. The van der Waals surface area contributed by atoms with Gasteiger partial charge in [-0.15, -0.1) is 5.10 Å². The van der Waals surface area contributed by atoms with Gasteiger partial charge in [0.05, 0.1) is 12.1 Å². The summed E-state index contributed by atoms with van der Waals surface area (Å²) in [6, 6.07) is 18.2. The molecule has 1 saturated carbocycles. The molecule has 144 valence electrons. The molecular formula is C23H27N5. The third kappa shape index (κ3) is 3.24. The predicted molar refractivity (Wildman–Crippen MR) is 109 cm³/mol. The van der Waals surface area contributed by atoms with Gasteiger partial charge in [0.2, 0.25) is 0 Å². The Morgan fingerprint density at radius 1 is 0.964 bits per heavy atom. The van der Waals surface area contributed by atoms with E-state index in [4.69, 9.17) is 0 Å². The van der Waals surface area contributed by atoms with Crippen LogP contribution in [0.2, 0.25) is 0 Å². The molecule has 0 saturated heterocycles. The molecule has 2 aromatic carbocycles. The number of fused-ring (bicyclic) bond motifs is 1. The van der Waals surface area contributed by atoms with E-state index in [0.717, 1.165) is 25.3 Å². The fraction of sp³-hybridized carbons (Fsp3) is 0.435. The Bertz CT molecular complexity index is 940. The monoisotopic (exact) mass is 373 g/mol. The van der Waals surface area contributed by atoms with Crippen LogP contribution in [0.4, 0.5) is 0 Å². The van der Waals surface area contributed by atoms with Crippen LogP contribution in [-0.2, 0) is 13.0 Å². The molecule has 0 N–H and O–H groups in total. The van der Waals surface area contributed by atoms with Crippen molar-refractivity contribution >= 4 is 0 Å². The number of nitrogens with zero attached hydrogens (tertiary/aromatic N) is 5. The third-order valence-corrected chi connectivity index (χ3v) is 6.35. The number of hydrogen-bond acceptors (Lipinski definition) is 4. The van der Waals surface area contributed by atoms with Gasteiger partial charge in [0, 0.05) is 13.1 Å². The average Bonchev–Trinajstić information content (AvgIpc) is 3.41. The topological polar surface area (TPSA) is 46.8 Å². The molecule has 1 aliphatic heterocycles. The number of benzene rings is 2. The molecule has 5 heteroatoms. The number of rotatable bonds is 4. The molecule has 1 atom stereocenters. The van der Waals surface area contributed by atoms with Gasteiger partial charge in [-0.25, -0.2) is 4.68 Å². The molecule has 2 heterocycles. The molecule has 28 heavy (non-hydrogen) atoms. The van der Waals surface area contributed by atoms with Crippen LogP contribution < -0.4 is 0 Å². The Labute approximate surface area is 166 Å². The van der Waals surface area contributed by atoms with Crippen molar-refractivity contribution in [3.63, 3.8) is 0 Å². The summed E-state index contributed by atoms with van der Waals surface area (Å²) in [4.78, 5) is 2.55. The first kappa shape index (κ1) is 17.6. The highest BCUT2D eigenvalue weighted by Gasteiger charge is 2.32. The smallest absolute Gasteiger partial charge is 0.173 e. The van der Waals surface area contributed by atoms with E-state index in [0.29, 0.717) is 6.04 Å². The van der Waals surface area contributed by atoms with Gasteiger partial charge in [-0.05, 0) is 53.3 Å². The average molecular weight is 374 g/mol. The summed E-state index contributed by atoms with van der Waals surface area (Å²) in [7, 11) is 0. The minimum Gasteiger partial charge on any atom is -0.285 e. The van der Waals surface area contributed by atoms with E-state index in [1.54, 1.807) is 0 Å². The van der Waals surface area contributed by atoms with Crippen molar-refractivity contribution in [2.45, 2.75) is 57.7 Å². The fourth-order valence-electron chi connectivity index (χ4n) is 4.80. The molecule has 5 rings (SSSR count). The van der Waals surface area contributed by atoms with E-state index in [9.17, 15) is 0 Å². The zero-order chi connectivity index (χ0) is 18.9. The van der Waals surface area contributed by atoms with Gasteiger partial charge in [0.1, 0.15) is 0 Å². The second-order valence-electron chi connectivity index (χ2n) is 8.22. The van der Waals surface area contributed by atoms with Crippen LogP contribution in [0.1, 0.15) is 65.8 Å². The number of aromatic nitrogens is 4. The Kier molecular flexibility index (Phi) is 4.69. The molecule has 1 aliphatic carbocycles. The lowest BCUT2D eigenvalue weighted by Crippen LogP contribution is -2.36. The van der Waals surface area contributed by atoms with Crippen molar-refractivity contribution < 1.29 is 0 Å². The highest BCUT2D eigenvalue weighted by molar-refractivity contribution is 5.32. The van der Waals surface area contributed by atoms with Crippen LogP contribution in [0.5, 0.6) is 0 Å². The zero-order valence-corrected chi connectivity index (χ0v) is 16.5. The zero-order valence-electron chi connectivity index (χ0n) is 16.5. The van der Waals surface area contributed by atoms with Crippen molar-refractivity contribution in [3.8, 4) is 0 Å². The summed E-state index contributed by atoms with van der Waals surface area (Å²) in [5.74, 6) is 0.995. The number of tetrazole rings is 1. The predicted octanol–water partition coefficient (Wildman–Crippen LogP) is 4.24. The summed E-state index contributed by atoms with van der Waals surface area (Å²) >= 11 is 0. The molecule has 0 amide bonds. The van der Waals surface area contributed by atoms with Crippen molar-refractivity contribution in [1.29, 1.82) is 0 Å². The molecule has 1 fully saturated rings. The maximum absolute atomic E-state index is 4.55. The normalized spacial score (nSPS) is 18.9. The lowest BCUT2D eigenvalue weighted by molar-refractivity contribution is 0.191. The van der Waals surface area contributed by atoms with Gasteiger partial charge < -0.3 is 0 Å². The van der Waals surface area contributed by atoms with E-state index in [1.165, 1.54) is 47.9 Å². The van der Waals surface area contributed by atoms with E-state index in [2.05, 4.69) is 80.6 Å². The van der Waals surface area contributed by atoms with Crippen molar-refractivity contribution in [3.05, 3.63) is 76.6 Å². The molecule has 1 aromatic heterocycles. The van der Waals surface area contributed by atoms with Crippen LogP contribution >= 0.6 is 0 Å². The minimum atomic E-state index is 0.0876. The molecule has 0 spiro atoms. The maximum atomic E-state index is 4.55. The van der Waals surface area contributed by atoms with E-state index >= 15 is 0 Å². The summed E-state index contributed by atoms with van der Waals surface area (Å²) in [6.07, 6.45) is 5.99. The highest BCUT2D eigenvalue weighted by Crippen LogP contribution is 2.36. The van der Waals surface area contributed by atoms with Crippen LogP contribution in [0, 0.1) is 6.92 Å². The molecular weight excluding hydrogens is 346 g/mol. The van der Waals surface area contributed by atoms with E-state index in [-0.39, 0.29) is 6.04 Å². The van der Waals surface area contributed by atoms with Crippen molar-refractivity contribution in [2.75, 3.05) is 6.54 Å². The minimum absolute atomic E-state index is 0.0876. The van der Waals surface area contributed by atoms with E-state index < -0.39 is 0 Å². The molecule has 2 aliphatic rings. The first-order chi connectivity index (χ1) is 13.8.